The average Bonchev–Trinajstić information content (AvgIpc) is 3.04. The van der Waals surface area contributed by atoms with Gasteiger partial charge in [-0.25, -0.2) is 4.79 Å². The lowest BCUT2D eigenvalue weighted by molar-refractivity contribution is 0.0534. The number of hydrogen-bond acceptors (Lipinski definition) is 3. The molecule has 1 saturated carbocycles. The Bertz CT molecular complexity index is 304. The molecule has 0 radical (unpaired) electrons. The van der Waals surface area contributed by atoms with E-state index in [0.29, 0.717) is 12.6 Å². The van der Waals surface area contributed by atoms with Crippen molar-refractivity contribution >= 4 is 6.09 Å². The Balaban J connectivity index is 1.98. The lowest BCUT2D eigenvalue weighted by Crippen LogP contribution is -2.32. The quantitative estimate of drug-likeness (QED) is 0.698. The van der Waals surface area contributed by atoms with E-state index in [1.807, 2.05) is 32.9 Å². The topological polar surface area (TPSA) is 50.4 Å². The SMILES string of the molecule is CC(CC1CC1)NC/C=C/CNC(=O)OC(C)(C)C. The predicted molar refractivity (Wildman–Crippen MR) is 78.2 cm³/mol. The molecular formula is C15H28N2O2. The van der Waals surface area contributed by atoms with Crippen molar-refractivity contribution in [1.29, 1.82) is 0 Å². The van der Waals surface area contributed by atoms with Crippen molar-refractivity contribution in [1.82, 2.24) is 10.6 Å². The van der Waals surface area contributed by atoms with Crippen LogP contribution in [0, 0.1) is 5.92 Å². The molecule has 1 unspecified atom stereocenters. The summed E-state index contributed by atoms with van der Waals surface area (Å²) < 4.78 is 5.13. The fourth-order valence-corrected chi connectivity index (χ4v) is 1.83. The highest BCUT2D eigenvalue weighted by Crippen LogP contribution is 2.33. The smallest absolute Gasteiger partial charge is 0.407 e. The first-order valence-electron chi connectivity index (χ1n) is 7.22. The van der Waals surface area contributed by atoms with Crippen molar-refractivity contribution in [3.8, 4) is 0 Å². The zero-order valence-corrected chi connectivity index (χ0v) is 12.7. The largest absolute Gasteiger partial charge is 0.444 e. The van der Waals surface area contributed by atoms with Gasteiger partial charge in [0.2, 0.25) is 0 Å². The molecule has 1 amide bonds. The van der Waals surface area contributed by atoms with Gasteiger partial charge in [-0.05, 0) is 40.0 Å². The summed E-state index contributed by atoms with van der Waals surface area (Å²) in [6.45, 7) is 9.15. The molecule has 1 fully saturated rings. The maximum absolute atomic E-state index is 11.3. The van der Waals surface area contributed by atoms with Crippen molar-refractivity contribution in [3.05, 3.63) is 12.2 Å². The van der Waals surface area contributed by atoms with Crippen LogP contribution in [0.1, 0.15) is 47.0 Å². The van der Waals surface area contributed by atoms with E-state index >= 15 is 0 Å². The van der Waals surface area contributed by atoms with Crippen molar-refractivity contribution in [2.75, 3.05) is 13.1 Å². The Morgan fingerprint density at radius 3 is 2.53 bits per heavy atom. The van der Waals surface area contributed by atoms with E-state index in [9.17, 15) is 4.79 Å². The van der Waals surface area contributed by atoms with Crippen LogP contribution in [-0.2, 0) is 4.74 Å². The van der Waals surface area contributed by atoms with Gasteiger partial charge >= 0.3 is 6.09 Å². The molecular weight excluding hydrogens is 240 g/mol. The maximum Gasteiger partial charge on any atom is 0.407 e. The molecule has 4 nitrogen and oxygen atoms in total. The summed E-state index contributed by atoms with van der Waals surface area (Å²) >= 11 is 0. The molecule has 0 aliphatic heterocycles. The first-order chi connectivity index (χ1) is 8.87. The van der Waals surface area contributed by atoms with Gasteiger partial charge in [-0.3, -0.25) is 0 Å². The van der Waals surface area contributed by atoms with E-state index in [2.05, 4.69) is 17.6 Å². The Kier molecular flexibility index (Phi) is 6.35. The molecule has 0 aromatic heterocycles. The van der Waals surface area contributed by atoms with Gasteiger partial charge in [0, 0.05) is 19.1 Å². The summed E-state index contributed by atoms with van der Waals surface area (Å²) in [4.78, 5) is 11.3. The first kappa shape index (κ1) is 16.0. The van der Waals surface area contributed by atoms with Crippen LogP contribution in [0.3, 0.4) is 0 Å². The number of nitrogens with one attached hydrogen (secondary N) is 2. The Hall–Kier alpha value is -1.03. The second-order valence-corrected chi connectivity index (χ2v) is 6.34. The minimum absolute atomic E-state index is 0.368. The van der Waals surface area contributed by atoms with Crippen molar-refractivity contribution in [2.45, 2.75) is 58.6 Å². The third-order valence-electron chi connectivity index (χ3n) is 2.90. The Morgan fingerprint density at radius 1 is 1.32 bits per heavy atom. The van der Waals surface area contributed by atoms with Crippen LogP contribution in [0.4, 0.5) is 4.79 Å². The van der Waals surface area contributed by atoms with Crippen LogP contribution in [0.5, 0.6) is 0 Å². The third-order valence-corrected chi connectivity index (χ3v) is 2.90. The number of carbonyl (C=O) groups is 1. The van der Waals surface area contributed by atoms with Gasteiger partial charge in [0.15, 0.2) is 0 Å². The number of alkyl carbamates (subject to hydrolysis) is 1. The zero-order chi connectivity index (χ0) is 14.3. The predicted octanol–water partition coefficient (Wildman–Crippen LogP) is 2.85. The molecule has 0 bridgehead atoms. The van der Waals surface area contributed by atoms with Crippen LogP contribution in [0.25, 0.3) is 0 Å². The van der Waals surface area contributed by atoms with Crippen LogP contribution in [0.2, 0.25) is 0 Å². The van der Waals surface area contributed by atoms with E-state index in [4.69, 9.17) is 4.74 Å². The zero-order valence-electron chi connectivity index (χ0n) is 12.7. The van der Waals surface area contributed by atoms with Gasteiger partial charge in [-0.2, -0.15) is 0 Å². The van der Waals surface area contributed by atoms with E-state index < -0.39 is 5.60 Å². The third kappa shape index (κ3) is 9.54. The fourth-order valence-electron chi connectivity index (χ4n) is 1.83. The molecule has 110 valence electrons. The number of hydrogen-bond donors (Lipinski definition) is 2. The summed E-state index contributed by atoms with van der Waals surface area (Å²) in [5, 5.41) is 6.14. The molecule has 1 rings (SSSR count). The second-order valence-electron chi connectivity index (χ2n) is 6.34. The van der Waals surface area contributed by atoms with Crippen molar-refractivity contribution in [2.24, 2.45) is 5.92 Å². The second kappa shape index (κ2) is 7.53. The Labute approximate surface area is 117 Å². The molecule has 19 heavy (non-hydrogen) atoms. The van der Waals surface area contributed by atoms with E-state index in [1.165, 1.54) is 19.3 Å². The summed E-state index contributed by atoms with van der Waals surface area (Å²) in [6, 6.07) is 0.580. The van der Waals surface area contributed by atoms with Crippen LogP contribution in [-0.4, -0.2) is 30.8 Å². The Morgan fingerprint density at radius 2 is 1.95 bits per heavy atom. The standard InChI is InChI=1S/C15H28N2O2/c1-12(11-13-7-8-13)16-9-5-6-10-17-14(18)19-15(2,3)4/h5-6,12-13,16H,7-11H2,1-4H3,(H,17,18)/b6-5+. The highest BCUT2D eigenvalue weighted by Gasteiger charge is 2.22. The summed E-state index contributed by atoms with van der Waals surface area (Å²) in [5.74, 6) is 0.959. The van der Waals surface area contributed by atoms with Crippen molar-refractivity contribution in [3.63, 3.8) is 0 Å². The molecule has 0 spiro atoms. The minimum Gasteiger partial charge on any atom is -0.444 e. The lowest BCUT2D eigenvalue weighted by atomic mass is 10.1. The van der Waals surface area contributed by atoms with Crippen LogP contribution in [0.15, 0.2) is 12.2 Å². The van der Waals surface area contributed by atoms with Gasteiger partial charge in [-0.1, -0.05) is 25.0 Å². The van der Waals surface area contributed by atoms with Gasteiger partial charge in [0.05, 0.1) is 0 Å². The first-order valence-corrected chi connectivity index (χ1v) is 7.22. The van der Waals surface area contributed by atoms with Gasteiger partial charge < -0.3 is 15.4 Å². The maximum atomic E-state index is 11.3. The minimum atomic E-state index is -0.437. The average molecular weight is 268 g/mol. The molecule has 2 N–H and O–H groups in total. The molecule has 4 heteroatoms. The molecule has 0 aromatic rings. The molecule has 0 saturated heterocycles. The molecule has 1 aliphatic rings. The molecule has 1 aliphatic carbocycles. The highest BCUT2D eigenvalue weighted by atomic mass is 16.6. The van der Waals surface area contributed by atoms with Gasteiger partial charge in [0.1, 0.15) is 5.60 Å². The van der Waals surface area contributed by atoms with E-state index in [-0.39, 0.29) is 6.09 Å². The number of carbonyl (C=O) groups excluding carboxylic acids is 1. The number of amides is 1. The van der Waals surface area contributed by atoms with Crippen LogP contribution < -0.4 is 10.6 Å². The lowest BCUT2D eigenvalue weighted by Gasteiger charge is -2.19. The number of rotatable bonds is 7. The van der Waals surface area contributed by atoms with E-state index in [1.54, 1.807) is 0 Å². The van der Waals surface area contributed by atoms with Crippen LogP contribution >= 0.6 is 0 Å². The monoisotopic (exact) mass is 268 g/mol. The van der Waals surface area contributed by atoms with Crippen molar-refractivity contribution < 1.29 is 9.53 Å². The number of ether oxygens (including phenoxy) is 1. The normalized spacial score (nSPS) is 17.5. The molecule has 0 aromatic carbocycles. The van der Waals surface area contributed by atoms with E-state index in [0.717, 1.165) is 12.5 Å². The molecule has 0 heterocycles. The van der Waals surface area contributed by atoms with Gasteiger partial charge in [0.25, 0.3) is 0 Å². The summed E-state index contributed by atoms with van der Waals surface area (Å²) in [7, 11) is 0. The highest BCUT2D eigenvalue weighted by molar-refractivity contribution is 5.67. The summed E-state index contributed by atoms with van der Waals surface area (Å²) in [6.07, 6.45) is 7.71. The summed E-state index contributed by atoms with van der Waals surface area (Å²) in [5.41, 5.74) is -0.437. The fraction of sp³-hybridized carbons (Fsp3) is 0.800. The van der Waals surface area contributed by atoms with Gasteiger partial charge in [-0.15, -0.1) is 0 Å². The molecule has 1 atom stereocenters.